The molecule has 6 nitrogen and oxygen atoms in total. The van der Waals surface area contributed by atoms with E-state index in [1.165, 1.54) is 36.2 Å². The van der Waals surface area contributed by atoms with Crippen LogP contribution in [0.2, 0.25) is 10.0 Å². The lowest BCUT2D eigenvalue weighted by atomic mass is 10.0. The second kappa shape index (κ2) is 9.26. The van der Waals surface area contributed by atoms with E-state index in [-0.39, 0.29) is 51.2 Å². The molecule has 33 heavy (non-hydrogen) atoms. The van der Waals surface area contributed by atoms with Crippen LogP contribution >= 0.6 is 23.2 Å². The van der Waals surface area contributed by atoms with Crippen molar-refractivity contribution in [1.82, 2.24) is 4.90 Å². The summed E-state index contributed by atoms with van der Waals surface area (Å²) in [5.41, 5.74) is -0.0597. The van der Waals surface area contributed by atoms with Crippen LogP contribution in [0, 0.1) is 11.6 Å². The smallest absolute Gasteiger partial charge is 0.253 e. The first-order valence-electron chi connectivity index (χ1n) is 9.54. The quantitative estimate of drug-likeness (QED) is 0.402. The van der Waals surface area contributed by atoms with Crippen LogP contribution in [0.15, 0.2) is 47.4 Å². The molecule has 0 saturated heterocycles. The van der Waals surface area contributed by atoms with E-state index in [4.69, 9.17) is 27.9 Å². The Kier molecular flexibility index (Phi) is 6.58. The molecule has 0 saturated carbocycles. The van der Waals surface area contributed by atoms with E-state index < -0.39 is 34.7 Å². The minimum absolute atomic E-state index is 0.0510. The van der Waals surface area contributed by atoms with Gasteiger partial charge in [0.25, 0.3) is 5.91 Å². The fraction of sp³-hybridized carbons (Fsp3) is 0.136. The fourth-order valence-corrected chi connectivity index (χ4v) is 4.71. The summed E-state index contributed by atoms with van der Waals surface area (Å²) in [6.07, 6.45) is 0. The Bertz CT molecular complexity index is 1260. The summed E-state index contributed by atoms with van der Waals surface area (Å²) >= 11 is 9.88. The Morgan fingerprint density at radius 2 is 1.88 bits per heavy atom. The second-order valence-corrected chi connectivity index (χ2v) is 9.23. The standard InChI is InChI=1S/C22H16Cl2F2N2O4S/c1-28-4-5-32-19-3-2-12(23)8-14(19)13-9-18(17(26)10-16(13)25)27-33(31)20-7-11(22(28)30)6-15(24)21(20)29/h2-3,6-10,27,29H,4-5H2,1H3. The maximum absolute atomic E-state index is 14.8. The Hall–Kier alpha value is -2.72. The van der Waals surface area contributed by atoms with Crippen LogP contribution in [0.1, 0.15) is 10.4 Å². The van der Waals surface area contributed by atoms with Gasteiger partial charge in [-0.05, 0) is 30.3 Å². The molecule has 172 valence electrons. The molecule has 1 atom stereocenters. The maximum atomic E-state index is 14.8. The number of nitrogens with one attached hydrogen (secondary N) is 1. The molecule has 0 fully saturated rings. The summed E-state index contributed by atoms with van der Waals surface area (Å²) in [7, 11) is 1.53. The molecule has 0 radical (unpaired) electrons. The number of hydrogen-bond donors (Lipinski definition) is 2. The molecule has 11 heteroatoms. The third-order valence-corrected chi connectivity index (χ3v) is 6.64. The SMILES string of the molecule is CN1CCOc2ccc(Cl)cc2-c2cc(c(F)cc2F)N[S+]([O-])c2cc(cc(Cl)c2O)C1=O. The zero-order valence-corrected chi connectivity index (χ0v) is 19.3. The molecule has 1 aliphatic rings. The van der Waals surface area contributed by atoms with Crippen molar-refractivity contribution in [3.05, 3.63) is 69.7 Å². The van der Waals surface area contributed by atoms with Crippen molar-refractivity contribution in [2.24, 2.45) is 0 Å². The molecule has 1 amide bonds. The minimum Gasteiger partial charge on any atom is -0.588 e. The number of likely N-dealkylation sites (N-methyl/N-ethyl adjacent to an activating group) is 1. The third kappa shape index (κ3) is 4.67. The van der Waals surface area contributed by atoms with Crippen LogP contribution in [0.4, 0.5) is 14.5 Å². The zero-order chi connectivity index (χ0) is 23.9. The number of phenolic OH excluding ortho intramolecular Hbond substituents is 1. The highest BCUT2D eigenvalue weighted by molar-refractivity contribution is 7.92. The molecule has 3 aromatic carbocycles. The highest BCUT2D eigenvalue weighted by atomic mass is 35.5. The second-order valence-electron chi connectivity index (χ2n) is 7.20. The van der Waals surface area contributed by atoms with Crippen LogP contribution in [-0.2, 0) is 11.4 Å². The number of carbonyl (C=O) groups is 1. The molecule has 2 N–H and O–H groups in total. The van der Waals surface area contributed by atoms with Gasteiger partial charge in [0.05, 0.1) is 11.6 Å². The van der Waals surface area contributed by atoms with Gasteiger partial charge < -0.3 is 19.3 Å². The summed E-state index contributed by atoms with van der Waals surface area (Å²) < 4.78 is 50.5. The average molecular weight is 513 g/mol. The van der Waals surface area contributed by atoms with Crippen molar-refractivity contribution < 1.29 is 28.0 Å². The molecular weight excluding hydrogens is 497 g/mol. The first-order chi connectivity index (χ1) is 15.7. The third-order valence-electron chi connectivity index (χ3n) is 5.00. The summed E-state index contributed by atoms with van der Waals surface area (Å²) in [6.45, 7) is 0.197. The lowest BCUT2D eigenvalue weighted by molar-refractivity contribution is 0.0773. The van der Waals surface area contributed by atoms with Crippen LogP contribution in [0.25, 0.3) is 11.1 Å². The Balaban J connectivity index is 1.90. The van der Waals surface area contributed by atoms with Crippen molar-refractivity contribution in [1.29, 1.82) is 0 Å². The lowest BCUT2D eigenvalue weighted by Crippen LogP contribution is -2.31. The highest BCUT2D eigenvalue weighted by Gasteiger charge is 2.26. The molecule has 1 heterocycles. The first-order valence-corrected chi connectivity index (χ1v) is 11.4. The zero-order valence-electron chi connectivity index (χ0n) is 17.0. The number of fused-ring (bicyclic) bond motifs is 6. The van der Waals surface area contributed by atoms with Gasteiger partial charge in [0.2, 0.25) is 4.90 Å². The van der Waals surface area contributed by atoms with Crippen molar-refractivity contribution in [2.75, 3.05) is 24.9 Å². The number of rotatable bonds is 0. The van der Waals surface area contributed by atoms with Gasteiger partial charge in [-0.3, -0.25) is 4.79 Å². The summed E-state index contributed by atoms with van der Waals surface area (Å²) in [6, 6.07) is 8.74. The van der Waals surface area contributed by atoms with E-state index in [0.29, 0.717) is 11.1 Å². The largest absolute Gasteiger partial charge is 0.588 e. The highest BCUT2D eigenvalue weighted by Crippen LogP contribution is 2.38. The number of ether oxygens (including phenoxy) is 1. The molecule has 3 aromatic rings. The number of nitrogens with zero attached hydrogens (tertiary/aromatic N) is 1. The van der Waals surface area contributed by atoms with Gasteiger partial charge in [-0.25, -0.2) is 13.5 Å². The molecule has 1 aliphatic heterocycles. The number of anilines is 1. The van der Waals surface area contributed by atoms with Crippen molar-refractivity contribution in [3.63, 3.8) is 0 Å². The van der Waals surface area contributed by atoms with Gasteiger partial charge >= 0.3 is 0 Å². The molecule has 0 aromatic heterocycles. The van der Waals surface area contributed by atoms with E-state index >= 15 is 0 Å². The first kappa shape index (κ1) is 23.4. The number of hydrogen-bond acceptors (Lipinski definition) is 5. The fourth-order valence-electron chi connectivity index (χ4n) is 3.28. The molecule has 0 spiro atoms. The van der Waals surface area contributed by atoms with Crippen LogP contribution in [0.5, 0.6) is 11.5 Å². The number of halogens is 4. The van der Waals surface area contributed by atoms with Crippen LogP contribution < -0.4 is 9.46 Å². The minimum atomic E-state index is -2.25. The number of amides is 1. The Morgan fingerprint density at radius 3 is 2.64 bits per heavy atom. The van der Waals surface area contributed by atoms with Crippen molar-refractivity contribution in [2.45, 2.75) is 4.90 Å². The van der Waals surface area contributed by atoms with Crippen LogP contribution in [-0.4, -0.2) is 40.7 Å². The van der Waals surface area contributed by atoms with Crippen molar-refractivity contribution in [3.8, 4) is 22.6 Å². The van der Waals surface area contributed by atoms with Gasteiger partial charge in [-0.2, -0.15) is 0 Å². The number of phenols is 1. The van der Waals surface area contributed by atoms with Crippen molar-refractivity contribution >= 4 is 46.2 Å². The molecule has 1 unspecified atom stereocenters. The van der Waals surface area contributed by atoms with Crippen LogP contribution in [0.3, 0.4) is 0 Å². The van der Waals surface area contributed by atoms with Gasteiger partial charge in [0.1, 0.15) is 35.2 Å². The predicted octanol–water partition coefficient (Wildman–Crippen LogP) is 5.24. The van der Waals surface area contributed by atoms with E-state index in [0.717, 1.165) is 6.07 Å². The Labute approximate surface area is 201 Å². The number of aromatic hydroxyl groups is 1. The average Bonchev–Trinajstić information content (AvgIpc) is 2.77. The van der Waals surface area contributed by atoms with Gasteiger partial charge in [-0.15, -0.1) is 0 Å². The van der Waals surface area contributed by atoms with E-state index in [9.17, 15) is 23.2 Å². The summed E-state index contributed by atoms with van der Waals surface area (Å²) in [5.74, 6) is -2.65. The van der Waals surface area contributed by atoms with Gasteiger partial charge in [-0.1, -0.05) is 23.2 Å². The Morgan fingerprint density at radius 1 is 1.12 bits per heavy atom. The molecule has 0 aliphatic carbocycles. The lowest BCUT2D eigenvalue weighted by Gasteiger charge is -2.19. The molecule has 4 bridgehead atoms. The normalized spacial score (nSPS) is 16.2. The predicted molar refractivity (Wildman–Crippen MR) is 122 cm³/mol. The number of benzene rings is 3. The maximum Gasteiger partial charge on any atom is 0.253 e. The topological polar surface area (TPSA) is 84.9 Å². The van der Waals surface area contributed by atoms with E-state index in [2.05, 4.69) is 4.72 Å². The van der Waals surface area contributed by atoms with Gasteiger partial charge in [0.15, 0.2) is 11.6 Å². The van der Waals surface area contributed by atoms with E-state index in [1.54, 1.807) is 6.07 Å². The molecular formula is C22H16Cl2F2N2O4S. The van der Waals surface area contributed by atoms with Gasteiger partial charge in [0, 0.05) is 40.9 Å². The summed E-state index contributed by atoms with van der Waals surface area (Å²) in [5, 5.41) is 10.4. The number of carbonyl (C=O) groups excluding carboxylic acids is 1. The molecule has 4 rings (SSSR count). The summed E-state index contributed by atoms with van der Waals surface area (Å²) in [4.78, 5) is 13.9. The van der Waals surface area contributed by atoms with E-state index in [1.807, 2.05) is 0 Å². The monoisotopic (exact) mass is 512 g/mol.